The molecule has 7 N–H and O–H groups in total. The van der Waals surface area contributed by atoms with Gasteiger partial charge in [0, 0.05) is 79.2 Å². The maximum atomic E-state index is 13.1. The highest BCUT2D eigenvalue weighted by molar-refractivity contribution is 9.10. The number of fused-ring (bicyclic) bond motifs is 2. The number of nitrogen functional groups attached to an aromatic ring is 2. The summed E-state index contributed by atoms with van der Waals surface area (Å²) >= 11 is 3.37. The van der Waals surface area contributed by atoms with E-state index in [4.69, 9.17) is 22.2 Å². The molecule has 334 valence electrons. The fourth-order valence-electron chi connectivity index (χ4n) is 6.95. The molecule has 10 aromatic rings. The van der Waals surface area contributed by atoms with Gasteiger partial charge in [0.1, 0.15) is 27.4 Å². The van der Waals surface area contributed by atoms with E-state index in [0.29, 0.717) is 33.2 Å². The molecular weight excluding hydrogens is 909 g/mol. The molecule has 10 rings (SSSR count). The first-order chi connectivity index (χ1) is 32.4. The monoisotopic (exact) mass is 952 g/mol. The van der Waals surface area contributed by atoms with Gasteiger partial charge < -0.3 is 22.5 Å². The van der Waals surface area contributed by atoms with Crippen LogP contribution in [0, 0.1) is 0 Å². The van der Waals surface area contributed by atoms with Crippen LogP contribution < -0.4 is 22.5 Å². The number of nitrogens with zero attached hydrogens (tertiary/aromatic N) is 12. The van der Waals surface area contributed by atoms with E-state index in [1.165, 1.54) is 0 Å². The predicted octanol–water partition coefficient (Wildman–Crippen LogP) is 8.10. The van der Waals surface area contributed by atoms with Crippen molar-refractivity contribution in [3.05, 3.63) is 168 Å². The highest BCUT2D eigenvalue weighted by atomic mass is 79.9. The lowest BCUT2D eigenvalue weighted by molar-refractivity contribution is 0.0935. The number of aromatic nitrogens is 12. The second-order valence-corrected chi connectivity index (χ2v) is 16.1. The molecule has 67 heavy (non-hydrogen) atoms. The van der Waals surface area contributed by atoms with Crippen molar-refractivity contribution >= 4 is 55.3 Å². The molecule has 0 aliphatic heterocycles. The van der Waals surface area contributed by atoms with E-state index in [1.807, 2.05) is 150 Å². The second-order valence-electron chi connectivity index (χ2n) is 15.3. The molecule has 0 spiro atoms. The molecule has 0 radical (unpaired) electrons. The van der Waals surface area contributed by atoms with Crippen LogP contribution in [0.25, 0.3) is 67.1 Å². The van der Waals surface area contributed by atoms with Gasteiger partial charge in [-0.1, -0.05) is 36.4 Å². The lowest BCUT2D eigenvalue weighted by Crippen LogP contribution is -2.29. The Kier molecular flexibility index (Phi) is 13.7. The number of anilines is 2. The van der Waals surface area contributed by atoms with Crippen LogP contribution in [0.1, 0.15) is 47.8 Å². The number of hydrogen-bond acceptors (Lipinski definition) is 14. The first kappa shape index (κ1) is 45.2. The number of nitrogens with one attached hydrogen (secondary N) is 1. The summed E-state index contributed by atoms with van der Waals surface area (Å²) in [6.45, 7) is 3.77. The third-order valence-electron chi connectivity index (χ3n) is 10.3. The highest BCUT2D eigenvalue weighted by Crippen LogP contribution is 2.34. The summed E-state index contributed by atoms with van der Waals surface area (Å²) in [7, 11) is 3.68. The van der Waals surface area contributed by atoms with Crippen molar-refractivity contribution < 1.29 is 4.79 Å². The molecule has 0 saturated heterocycles. The first-order valence-corrected chi connectivity index (χ1v) is 21.8. The van der Waals surface area contributed by atoms with Gasteiger partial charge in [0.2, 0.25) is 0 Å². The van der Waals surface area contributed by atoms with Crippen molar-refractivity contribution in [3.8, 4) is 45.3 Å². The van der Waals surface area contributed by atoms with Crippen molar-refractivity contribution in [2.75, 3.05) is 11.5 Å². The Morgan fingerprint density at radius 2 is 1.09 bits per heavy atom. The first-order valence-electron chi connectivity index (χ1n) is 21.0. The number of pyridine rings is 4. The Balaban J connectivity index is 0.000000159. The number of hydrogen-bond donors (Lipinski definition) is 4. The average Bonchev–Trinajstić information content (AvgIpc) is 4.00. The van der Waals surface area contributed by atoms with E-state index in [2.05, 4.69) is 66.3 Å². The molecule has 1 amide bonds. The maximum absolute atomic E-state index is 13.1. The fraction of sp³-hybridized carbons (Fsp3) is 0.122. The molecule has 0 aliphatic carbocycles. The number of nitrogens with two attached hydrogens (primary N) is 3. The lowest BCUT2D eigenvalue weighted by atomic mass is 10.0. The largest absolute Gasteiger partial charge is 0.382 e. The number of amides is 1. The number of carbonyl (C=O) groups excluding carboxylic acids is 1. The van der Waals surface area contributed by atoms with E-state index < -0.39 is 5.91 Å². The highest BCUT2D eigenvalue weighted by Gasteiger charge is 2.23. The summed E-state index contributed by atoms with van der Waals surface area (Å²) in [4.78, 5) is 48.6. The summed E-state index contributed by atoms with van der Waals surface area (Å²) in [6.07, 6.45) is 10.6. The standard InChI is InChI=1S/C25H22N8O.C17H13BrN6.C7H10N2/c1-15(18-7-3-4-11-27-18)29-25(34)23-24(26)31-22(20-10-13-33(2)32-20)21(30-23)17-8-9-19-16(14-17)6-5-12-28-19;1-24-8-6-13(23-24)15-14(21-16(18)17(19)22-15)11-4-5-12-10(9-11)3-2-7-20-12;1-6(8)7-4-2-3-5-9-7/h3-15H,1-2H3,(H2,26,31)(H,29,34);2-9H,1H3,(H2,19,22);2-6H,8H2,1H3. The van der Waals surface area contributed by atoms with Crippen LogP contribution in [0.3, 0.4) is 0 Å². The van der Waals surface area contributed by atoms with Crippen LogP contribution in [-0.4, -0.2) is 65.3 Å². The van der Waals surface area contributed by atoms with Crippen LogP contribution in [-0.2, 0) is 14.1 Å². The molecule has 0 bridgehead atoms. The van der Waals surface area contributed by atoms with Crippen LogP contribution in [0.4, 0.5) is 11.6 Å². The molecule has 8 heterocycles. The van der Waals surface area contributed by atoms with Gasteiger partial charge in [-0.05, 0) is 103 Å². The molecule has 18 heteroatoms. The third kappa shape index (κ3) is 10.6. The smallest absolute Gasteiger partial charge is 0.274 e. The van der Waals surface area contributed by atoms with Crippen LogP contribution in [0.5, 0.6) is 0 Å². The van der Waals surface area contributed by atoms with Gasteiger partial charge in [-0.3, -0.25) is 34.1 Å². The fourth-order valence-corrected chi connectivity index (χ4v) is 7.21. The van der Waals surface area contributed by atoms with Gasteiger partial charge in [0.15, 0.2) is 17.3 Å². The third-order valence-corrected chi connectivity index (χ3v) is 10.9. The number of aryl methyl sites for hydroxylation is 2. The van der Waals surface area contributed by atoms with Crippen LogP contribution in [0.15, 0.2) is 151 Å². The second kappa shape index (κ2) is 20.2. The van der Waals surface area contributed by atoms with E-state index in [0.717, 1.165) is 55.7 Å². The predicted molar refractivity (Wildman–Crippen MR) is 263 cm³/mol. The summed E-state index contributed by atoms with van der Waals surface area (Å²) in [6, 6.07) is 34.3. The topological polar surface area (TPSA) is 246 Å². The Bertz CT molecular complexity index is 3320. The molecule has 0 saturated carbocycles. The van der Waals surface area contributed by atoms with Gasteiger partial charge in [-0.15, -0.1) is 0 Å². The van der Waals surface area contributed by atoms with Gasteiger partial charge >= 0.3 is 0 Å². The Hall–Kier alpha value is -8.35. The summed E-state index contributed by atoms with van der Waals surface area (Å²) in [5, 5.41) is 13.8. The Labute approximate surface area is 393 Å². The Morgan fingerprint density at radius 3 is 1.57 bits per heavy atom. The minimum absolute atomic E-state index is 0.0255. The van der Waals surface area contributed by atoms with Crippen molar-refractivity contribution in [2.45, 2.75) is 25.9 Å². The molecule has 8 aromatic heterocycles. The summed E-state index contributed by atoms with van der Waals surface area (Å²) < 4.78 is 3.92. The quantitative estimate of drug-likeness (QED) is 0.112. The lowest BCUT2D eigenvalue weighted by Gasteiger charge is -2.15. The zero-order chi connectivity index (χ0) is 47.0. The van der Waals surface area contributed by atoms with Crippen molar-refractivity contribution in [1.29, 1.82) is 0 Å². The van der Waals surface area contributed by atoms with Crippen molar-refractivity contribution in [3.63, 3.8) is 0 Å². The molecule has 2 atom stereocenters. The zero-order valence-electron chi connectivity index (χ0n) is 36.9. The van der Waals surface area contributed by atoms with E-state index in [9.17, 15) is 4.79 Å². The minimum Gasteiger partial charge on any atom is -0.382 e. The normalized spacial score (nSPS) is 11.8. The van der Waals surface area contributed by atoms with Crippen molar-refractivity contribution in [1.82, 2.24) is 64.7 Å². The van der Waals surface area contributed by atoms with Crippen LogP contribution >= 0.6 is 15.9 Å². The summed E-state index contributed by atoms with van der Waals surface area (Å²) in [5.74, 6) is -0.0705. The van der Waals surface area contributed by atoms with E-state index in [1.54, 1.807) is 34.2 Å². The molecule has 0 fully saturated rings. The molecular formula is C49H45BrN16O. The SMILES string of the molecule is CC(N)c1ccccn1.CC(NC(=O)c1nc(-c2ccc3ncccc3c2)c(-c2ccn(C)n2)nc1N)c1ccccn1.Cn1ccc(-c2nc(N)c(Br)nc2-c2ccc3ncccc3c2)n1. The molecule has 0 aliphatic rings. The van der Waals surface area contributed by atoms with Gasteiger partial charge in [-0.25, -0.2) is 19.9 Å². The van der Waals surface area contributed by atoms with Crippen LogP contribution in [0.2, 0.25) is 0 Å². The number of halogens is 1. The van der Waals surface area contributed by atoms with E-state index >= 15 is 0 Å². The zero-order valence-corrected chi connectivity index (χ0v) is 38.5. The van der Waals surface area contributed by atoms with Gasteiger partial charge in [0.05, 0.1) is 39.9 Å². The number of carbonyl (C=O) groups is 1. The molecule has 2 unspecified atom stereocenters. The molecule has 17 nitrogen and oxygen atoms in total. The Morgan fingerprint density at radius 1 is 0.582 bits per heavy atom. The van der Waals surface area contributed by atoms with Gasteiger partial charge in [-0.2, -0.15) is 10.2 Å². The van der Waals surface area contributed by atoms with E-state index in [-0.39, 0.29) is 23.6 Å². The average molecular weight is 954 g/mol. The van der Waals surface area contributed by atoms with Gasteiger partial charge in [0.25, 0.3) is 5.91 Å². The number of benzene rings is 2. The molecule has 2 aromatic carbocycles. The minimum atomic E-state index is -0.431. The number of rotatable bonds is 8. The van der Waals surface area contributed by atoms with Crippen molar-refractivity contribution in [2.24, 2.45) is 19.8 Å². The maximum Gasteiger partial charge on any atom is 0.274 e. The summed E-state index contributed by atoms with van der Waals surface area (Å²) in [5.41, 5.74) is 26.6.